The molecule has 1 aromatic rings. The highest BCUT2D eigenvalue weighted by Gasteiger charge is 1.96. The van der Waals surface area contributed by atoms with Gasteiger partial charge in [-0.15, -0.1) is 0 Å². The molecule has 0 amide bonds. The van der Waals surface area contributed by atoms with Crippen LogP contribution in [0.4, 0.5) is 0 Å². The Morgan fingerprint density at radius 1 is 1.00 bits per heavy atom. The van der Waals surface area contributed by atoms with Gasteiger partial charge in [-0.05, 0) is 24.1 Å². The molecule has 0 atom stereocenters. The van der Waals surface area contributed by atoms with E-state index < -0.39 is 0 Å². The van der Waals surface area contributed by atoms with Crippen LogP contribution < -0.4 is 5.32 Å². The van der Waals surface area contributed by atoms with E-state index in [-0.39, 0.29) is 0 Å². The molecule has 0 spiro atoms. The van der Waals surface area contributed by atoms with Crippen LogP contribution in [0.1, 0.15) is 31.4 Å². The van der Waals surface area contributed by atoms with Gasteiger partial charge in [-0.1, -0.05) is 38.1 Å². The molecule has 0 aliphatic heterocycles. The fourth-order valence-corrected chi connectivity index (χ4v) is 1.65. The van der Waals surface area contributed by atoms with Crippen molar-refractivity contribution < 1.29 is 9.47 Å². The van der Waals surface area contributed by atoms with Gasteiger partial charge < -0.3 is 14.8 Å². The Morgan fingerprint density at radius 2 is 1.78 bits per heavy atom. The molecule has 102 valence electrons. The molecule has 0 aliphatic rings. The highest BCUT2D eigenvalue weighted by atomic mass is 16.5. The zero-order chi connectivity index (χ0) is 13.1. The SMILES string of the molecule is CCCOCCOCc1cccc(CNCC)c1. The first kappa shape index (κ1) is 15.2. The molecule has 0 saturated carbocycles. The van der Waals surface area contributed by atoms with Crippen molar-refractivity contribution in [1.82, 2.24) is 5.32 Å². The first-order chi connectivity index (χ1) is 8.86. The van der Waals surface area contributed by atoms with Crippen molar-refractivity contribution in [1.29, 1.82) is 0 Å². The van der Waals surface area contributed by atoms with Crippen LogP contribution in [0.2, 0.25) is 0 Å². The van der Waals surface area contributed by atoms with E-state index in [9.17, 15) is 0 Å². The third kappa shape index (κ3) is 6.74. The summed E-state index contributed by atoms with van der Waals surface area (Å²) in [7, 11) is 0. The van der Waals surface area contributed by atoms with Crippen molar-refractivity contribution in [2.45, 2.75) is 33.4 Å². The van der Waals surface area contributed by atoms with Crippen molar-refractivity contribution >= 4 is 0 Å². The molecule has 0 fully saturated rings. The highest BCUT2D eigenvalue weighted by Crippen LogP contribution is 2.06. The summed E-state index contributed by atoms with van der Waals surface area (Å²) in [6.45, 7) is 8.97. The van der Waals surface area contributed by atoms with Crippen LogP contribution in [-0.2, 0) is 22.6 Å². The van der Waals surface area contributed by atoms with Gasteiger partial charge in [0.2, 0.25) is 0 Å². The Morgan fingerprint density at radius 3 is 2.56 bits per heavy atom. The number of benzene rings is 1. The highest BCUT2D eigenvalue weighted by molar-refractivity contribution is 5.22. The monoisotopic (exact) mass is 251 g/mol. The van der Waals surface area contributed by atoms with E-state index in [1.807, 2.05) is 0 Å². The predicted octanol–water partition coefficient (Wildman–Crippen LogP) is 2.74. The van der Waals surface area contributed by atoms with Gasteiger partial charge in [0, 0.05) is 13.2 Å². The second-order valence-electron chi connectivity index (χ2n) is 4.27. The fraction of sp³-hybridized carbons (Fsp3) is 0.600. The van der Waals surface area contributed by atoms with Crippen LogP contribution >= 0.6 is 0 Å². The van der Waals surface area contributed by atoms with Gasteiger partial charge in [0.1, 0.15) is 0 Å². The maximum Gasteiger partial charge on any atom is 0.0718 e. The Labute approximate surface area is 110 Å². The summed E-state index contributed by atoms with van der Waals surface area (Å²) in [5.74, 6) is 0. The Hall–Kier alpha value is -0.900. The van der Waals surface area contributed by atoms with E-state index in [2.05, 4.69) is 43.4 Å². The van der Waals surface area contributed by atoms with Crippen molar-refractivity contribution in [2.24, 2.45) is 0 Å². The van der Waals surface area contributed by atoms with Crippen LogP contribution in [0.25, 0.3) is 0 Å². The third-order valence-corrected chi connectivity index (χ3v) is 2.56. The standard InChI is InChI=1S/C15H25NO2/c1-3-8-17-9-10-18-13-15-7-5-6-14(11-15)12-16-4-2/h5-7,11,16H,3-4,8-10,12-13H2,1-2H3. The quantitative estimate of drug-likeness (QED) is 0.649. The van der Waals surface area contributed by atoms with Gasteiger partial charge >= 0.3 is 0 Å². The second-order valence-corrected chi connectivity index (χ2v) is 4.27. The minimum absolute atomic E-state index is 0.662. The first-order valence-electron chi connectivity index (χ1n) is 6.80. The number of ether oxygens (including phenoxy) is 2. The molecule has 0 aromatic heterocycles. The van der Waals surface area contributed by atoms with Gasteiger partial charge in [0.05, 0.1) is 19.8 Å². The maximum atomic E-state index is 5.58. The minimum atomic E-state index is 0.662. The molecule has 0 radical (unpaired) electrons. The molecule has 0 aliphatic carbocycles. The largest absolute Gasteiger partial charge is 0.379 e. The second kappa shape index (κ2) is 10.1. The Kier molecular flexibility index (Phi) is 8.47. The Balaban J connectivity index is 2.20. The number of hydrogen-bond acceptors (Lipinski definition) is 3. The number of nitrogens with one attached hydrogen (secondary N) is 1. The van der Waals surface area contributed by atoms with Gasteiger partial charge in [-0.25, -0.2) is 0 Å². The molecule has 0 bridgehead atoms. The van der Waals surface area contributed by atoms with Gasteiger partial charge in [0.25, 0.3) is 0 Å². The van der Waals surface area contributed by atoms with E-state index in [0.29, 0.717) is 19.8 Å². The van der Waals surface area contributed by atoms with E-state index in [1.165, 1.54) is 11.1 Å². The molecule has 3 nitrogen and oxygen atoms in total. The third-order valence-electron chi connectivity index (χ3n) is 2.56. The summed E-state index contributed by atoms with van der Waals surface area (Å²) in [6, 6.07) is 8.51. The van der Waals surface area contributed by atoms with Gasteiger partial charge in [0.15, 0.2) is 0 Å². The van der Waals surface area contributed by atoms with Crippen molar-refractivity contribution in [3.8, 4) is 0 Å². The van der Waals surface area contributed by atoms with Crippen molar-refractivity contribution in [2.75, 3.05) is 26.4 Å². The maximum absolute atomic E-state index is 5.58. The van der Waals surface area contributed by atoms with E-state index in [4.69, 9.17) is 9.47 Å². The molecular formula is C15H25NO2. The molecule has 1 aromatic carbocycles. The summed E-state index contributed by atoms with van der Waals surface area (Å²) in [6.07, 6.45) is 1.06. The van der Waals surface area contributed by atoms with Crippen LogP contribution in [0, 0.1) is 0 Å². The van der Waals surface area contributed by atoms with Gasteiger partial charge in [-0.3, -0.25) is 0 Å². The lowest BCUT2D eigenvalue weighted by molar-refractivity contribution is 0.0408. The first-order valence-corrected chi connectivity index (χ1v) is 6.80. The lowest BCUT2D eigenvalue weighted by Crippen LogP contribution is -2.12. The van der Waals surface area contributed by atoms with Crippen LogP contribution in [-0.4, -0.2) is 26.4 Å². The molecule has 0 unspecified atom stereocenters. The van der Waals surface area contributed by atoms with Gasteiger partial charge in [-0.2, -0.15) is 0 Å². The minimum Gasteiger partial charge on any atom is -0.379 e. The zero-order valence-electron chi connectivity index (χ0n) is 11.6. The fourth-order valence-electron chi connectivity index (χ4n) is 1.65. The van der Waals surface area contributed by atoms with Crippen LogP contribution in [0.3, 0.4) is 0 Å². The summed E-state index contributed by atoms with van der Waals surface area (Å²) >= 11 is 0. The predicted molar refractivity (Wildman–Crippen MR) is 74.6 cm³/mol. The number of hydrogen-bond donors (Lipinski definition) is 1. The van der Waals surface area contributed by atoms with Crippen molar-refractivity contribution in [3.63, 3.8) is 0 Å². The molecule has 18 heavy (non-hydrogen) atoms. The van der Waals surface area contributed by atoms with E-state index >= 15 is 0 Å². The lowest BCUT2D eigenvalue weighted by atomic mass is 10.1. The molecule has 0 heterocycles. The topological polar surface area (TPSA) is 30.5 Å². The molecule has 1 rings (SSSR count). The van der Waals surface area contributed by atoms with Crippen LogP contribution in [0.15, 0.2) is 24.3 Å². The zero-order valence-corrected chi connectivity index (χ0v) is 11.6. The lowest BCUT2D eigenvalue weighted by Gasteiger charge is -2.07. The van der Waals surface area contributed by atoms with Crippen LogP contribution in [0.5, 0.6) is 0 Å². The molecule has 3 heteroatoms. The normalized spacial score (nSPS) is 10.8. The summed E-state index contributed by atoms with van der Waals surface area (Å²) < 4.78 is 10.9. The Bertz CT molecular complexity index is 315. The summed E-state index contributed by atoms with van der Waals surface area (Å²) in [4.78, 5) is 0. The summed E-state index contributed by atoms with van der Waals surface area (Å²) in [5, 5.41) is 3.32. The van der Waals surface area contributed by atoms with E-state index in [1.54, 1.807) is 0 Å². The van der Waals surface area contributed by atoms with E-state index in [0.717, 1.165) is 26.1 Å². The summed E-state index contributed by atoms with van der Waals surface area (Å²) in [5.41, 5.74) is 2.53. The molecular weight excluding hydrogens is 226 g/mol. The molecule has 1 N–H and O–H groups in total. The van der Waals surface area contributed by atoms with Crippen molar-refractivity contribution in [3.05, 3.63) is 35.4 Å². The smallest absolute Gasteiger partial charge is 0.0718 e. The molecule has 0 saturated heterocycles. The average molecular weight is 251 g/mol. The number of rotatable bonds is 10. The average Bonchev–Trinajstić information content (AvgIpc) is 2.41.